The SMILES string of the molecule is CN1CCN(C[C@H](O)CN(C)C(=O)NCC#Cc2ccccc2)CC1. The van der Waals surface area contributed by atoms with Gasteiger partial charge in [0.1, 0.15) is 0 Å². The van der Waals surface area contributed by atoms with Crippen molar-refractivity contribution in [1.29, 1.82) is 0 Å². The molecule has 1 fully saturated rings. The van der Waals surface area contributed by atoms with Crippen LogP contribution in [0.2, 0.25) is 0 Å². The second-order valence-corrected chi connectivity index (χ2v) is 6.46. The summed E-state index contributed by atoms with van der Waals surface area (Å²) >= 11 is 0. The number of hydrogen-bond donors (Lipinski definition) is 2. The second-order valence-electron chi connectivity index (χ2n) is 6.46. The van der Waals surface area contributed by atoms with Gasteiger partial charge in [-0.05, 0) is 19.2 Å². The first kappa shape index (κ1) is 19.3. The molecule has 2 N–H and O–H groups in total. The number of β-amino-alcohol motifs (C(OH)–C–C–N with tert-alkyl or cyclic N) is 1. The summed E-state index contributed by atoms with van der Waals surface area (Å²) in [4.78, 5) is 18.1. The number of piperazine rings is 1. The van der Waals surface area contributed by atoms with Crippen LogP contribution in [0.15, 0.2) is 30.3 Å². The molecule has 2 amide bonds. The van der Waals surface area contributed by atoms with Crippen molar-refractivity contribution in [2.45, 2.75) is 6.10 Å². The van der Waals surface area contributed by atoms with Crippen LogP contribution < -0.4 is 5.32 Å². The molecule has 1 saturated heterocycles. The summed E-state index contributed by atoms with van der Waals surface area (Å²) in [6.07, 6.45) is -0.547. The lowest BCUT2D eigenvalue weighted by Gasteiger charge is -2.34. The van der Waals surface area contributed by atoms with Gasteiger partial charge in [0, 0.05) is 51.9 Å². The van der Waals surface area contributed by atoms with Gasteiger partial charge in [-0.15, -0.1) is 0 Å². The average Bonchev–Trinajstić information content (AvgIpc) is 2.61. The van der Waals surface area contributed by atoms with Gasteiger partial charge in [0.25, 0.3) is 0 Å². The van der Waals surface area contributed by atoms with Crippen LogP contribution in [0.3, 0.4) is 0 Å². The number of hydrogen-bond acceptors (Lipinski definition) is 4. The van der Waals surface area contributed by atoms with E-state index in [1.54, 1.807) is 7.05 Å². The molecule has 1 atom stereocenters. The second kappa shape index (κ2) is 10.0. The van der Waals surface area contributed by atoms with Crippen molar-refractivity contribution >= 4 is 6.03 Å². The third-order valence-corrected chi connectivity index (χ3v) is 4.23. The van der Waals surface area contributed by atoms with Gasteiger partial charge in [-0.1, -0.05) is 30.0 Å². The molecule has 0 unspecified atom stereocenters. The van der Waals surface area contributed by atoms with Crippen LogP contribution in [-0.4, -0.2) is 91.8 Å². The number of amides is 2. The van der Waals surface area contributed by atoms with E-state index in [-0.39, 0.29) is 12.6 Å². The Morgan fingerprint density at radius 1 is 1.28 bits per heavy atom. The van der Waals surface area contributed by atoms with Crippen LogP contribution in [0.25, 0.3) is 0 Å². The van der Waals surface area contributed by atoms with E-state index in [1.807, 2.05) is 30.3 Å². The van der Waals surface area contributed by atoms with E-state index in [4.69, 9.17) is 0 Å². The molecule has 0 bridgehead atoms. The first-order valence-corrected chi connectivity index (χ1v) is 8.66. The molecule has 136 valence electrons. The summed E-state index contributed by atoms with van der Waals surface area (Å²) in [5.74, 6) is 5.92. The van der Waals surface area contributed by atoms with Crippen molar-refractivity contribution in [3.8, 4) is 11.8 Å². The van der Waals surface area contributed by atoms with Crippen molar-refractivity contribution in [1.82, 2.24) is 20.0 Å². The molecule has 2 rings (SSSR count). The van der Waals surface area contributed by atoms with Crippen LogP contribution in [0.5, 0.6) is 0 Å². The number of likely N-dealkylation sites (N-methyl/N-ethyl adjacent to an activating group) is 2. The predicted octanol–water partition coefficient (Wildman–Crippen LogP) is 0.288. The maximum Gasteiger partial charge on any atom is 0.317 e. The minimum atomic E-state index is -0.547. The summed E-state index contributed by atoms with van der Waals surface area (Å²) in [5, 5.41) is 13.0. The Hall–Kier alpha value is -2.07. The highest BCUT2D eigenvalue weighted by atomic mass is 16.3. The molecule has 6 heteroatoms. The van der Waals surface area contributed by atoms with E-state index in [2.05, 4.69) is 34.0 Å². The molecule has 0 aliphatic carbocycles. The fraction of sp³-hybridized carbons (Fsp3) is 0.526. The minimum absolute atomic E-state index is 0.222. The largest absolute Gasteiger partial charge is 0.390 e. The standard InChI is InChI=1S/C19H28N4O2/c1-21-11-13-23(14-12-21)16-18(24)15-22(2)19(25)20-10-6-9-17-7-4-3-5-8-17/h3-5,7-8,18,24H,10-16H2,1-2H3,(H,20,25)/t18-/m1/s1. The Bertz CT molecular complexity index is 588. The number of nitrogens with one attached hydrogen (secondary N) is 1. The van der Waals surface area contributed by atoms with E-state index in [9.17, 15) is 9.90 Å². The van der Waals surface area contributed by atoms with E-state index >= 15 is 0 Å². The zero-order valence-corrected chi connectivity index (χ0v) is 15.1. The van der Waals surface area contributed by atoms with Gasteiger partial charge in [-0.25, -0.2) is 4.79 Å². The zero-order chi connectivity index (χ0) is 18.1. The summed E-state index contributed by atoms with van der Waals surface area (Å²) in [6.45, 7) is 5.14. The quantitative estimate of drug-likeness (QED) is 0.754. The van der Waals surface area contributed by atoms with Crippen LogP contribution in [-0.2, 0) is 0 Å². The number of carbonyl (C=O) groups excluding carboxylic acids is 1. The molecule has 6 nitrogen and oxygen atoms in total. The number of aliphatic hydroxyl groups excluding tert-OH is 1. The van der Waals surface area contributed by atoms with Gasteiger partial charge in [-0.3, -0.25) is 4.90 Å². The Labute approximate surface area is 150 Å². The van der Waals surface area contributed by atoms with E-state index < -0.39 is 6.10 Å². The van der Waals surface area contributed by atoms with Crippen LogP contribution >= 0.6 is 0 Å². The Morgan fingerprint density at radius 2 is 1.96 bits per heavy atom. The number of aliphatic hydroxyl groups is 1. The molecule has 1 aliphatic rings. The molecule has 0 saturated carbocycles. The number of benzene rings is 1. The normalized spacial score (nSPS) is 16.6. The maximum atomic E-state index is 12.0. The molecular formula is C19H28N4O2. The fourth-order valence-electron chi connectivity index (χ4n) is 2.71. The van der Waals surface area contributed by atoms with Gasteiger partial charge in [0.15, 0.2) is 0 Å². The van der Waals surface area contributed by atoms with Gasteiger partial charge < -0.3 is 20.2 Å². The van der Waals surface area contributed by atoms with Crippen molar-refractivity contribution in [2.75, 3.05) is 59.9 Å². The molecule has 0 spiro atoms. The number of rotatable bonds is 5. The monoisotopic (exact) mass is 344 g/mol. The molecular weight excluding hydrogens is 316 g/mol. The lowest BCUT2D eigenvalue weighted by molar-refractivity contribution is 0.0659. The fourth-order valence-corrected chi connectivity index (χ4v) is 2.71. The van der Waals surface area contributed by atoms with E-state index in [1.165, 1.54) is 4.90 Å². The first-order chi connectivity index (χ1) is 12.0. The smallest absolute Gasteiger partial charge is 0.317 e. The average molecular weight is 344 g/mol. The van der Waals surface area contributed by atoms with Crippen LogP contribution in [0.4, 0.5) is 4.79 Å². The Morgan fingerprint density at radius 3 is 2.64 bits per heavy atom. The van der Waals surface area contributed by atoms with Crippen molar-refractivity contribution < 1.29 is 9.90 Å². The lowest BCUT2D eigenvalue weighted by atomic mass is 10.2. The van der Waals surface area contributed by atoms with Crippen LogP contribution in [0.1, 0.15) is 5.56 Å². The van der Waals surface area contributed by atoms with Crippen molar-refractivity contribution in [3.05, 3.63) is 35.9 Å². The topological polar surface area (TPSA) is 59.1 Å². The van der Waals surface area contributed by atoms with E-state index in [0.29, 0.717) is 13.1 Å². The number of urea groups is 1. The zero-order valence-electron chi connectivity index (χ0n) is 15.1. The van der Waals surface area contributed by atoms with E-state index in [0.717, 1.165) is 31.7 Å². The molecule has 1 aromatic carbocycles. The van der Waals surface area contributed by atoms with Gasteiger partial charge in [0.05, 0.1) is 12.6 Å². The number of carbonyl (C=O) groups is 1. The van der Waals surface area contributed by atoms with Crippen molar-refractivity contribution in [2.24, 2.45) is 0 Å². The first-order valence-electron chi connectivity index (χ1n) is 8.66. The number of nitrogens with zero attached hydrogens (tertiary/aromatic N) is 3. The summed E-state index contributed by atoms with van der Waals surface area (Å²) in [5.41, 5.74) is 0.924. The Kier molecular flexibility index (Phi) is 7.74. The summed E-state index contributed by atoms with van der Waals surface area (Å²) < 4.78 is 0. The summed E-state index contributed by atoms with van der Waals surface area (Å²) in [6, 6.07) is 9.43. The molecule has 25 heavy (non-hydrogen) atoms. The summed E-state index contributed by atoms with van der Waals surface area (Å²) in [7, 11) is 3.79. The molecule has 0 radical (unpaired) electrons. The van der Waals surface area contributed by atoms with Gasteiger partial charge in [0.2, 0.25) is 0 Å². The molecule has 1 aromatic rings. The predicted molar refractivity (Wildman–Crippen MR) is 99.3 cm³/mol. The van der Waals surface area contributed by atoms with Gasteiger partial charge >= 0.3 is 6.03 Å². The maximum absolute atomic E-state index is 12.0. The van der Waals surface area contributed by atoms with Gasteiger partial charge in [-0.2, -0.15) is 0 Å². The Balaban J connectivity index is 1.66. The highest BCUT2D eigenvalue weighted by Crippen LogP contribution is 2.01. The molecule has 1 heterocycles. The van der Waals surface area contributed by atoms with Crippen molar-refractivity contribution in [3.63, 3.8) is 0 Å². The third kappa shape index (κ3) is 7.14. The molecule has 0 aromatic heterocycles. The van der Waals surface area contributed by atoms with Crippen LogP contribution in [0, 0.1) is 11.8 Å². The third-order valence-electron chi connectivity index (χ3n) is 4.23. The highest BCUT2D eigenvalue weighted by molar-refractivity contribution is 5.74. The highest BCUT2D eigenvalue weighted by Gasteiger charge is 2.19. The molecule has 1 aliphatic heterocycles. The lowest BCUT2D eigenvalue weighted by Crippen LogP contribution is -2.49. The minimum Gasteiger partial charge on any atom is -0.390 e.